The highest BCUT2D eigenvalue weighted by Crippen LogP contribution is 2.09. The molecule has 4 heteroatoms. The van der Waals surface area contributed by atoms with Crippen LogP contribution in [0.5, 0.6) is 5.75 Å². The molecule has 0 aliphatic heterocycles. The van der Waals surface area contributed by atoms with Crippen molar-refractivity contribution < 1.29 is 4.74 Å². The van der Waals surface area contributed by atoms with E-state index >= 15 is 0 Å². The maximum absolute atomic E-state index is 5.54. The van der Waals surface area contributed by atoms with Crippen LogP contribution < -0.4 is 4.74 Å². The quantitative estimate of drug-likeness (QED) is 0.557. The van der Waals surface area contributed by atoms with Crippen LogP contribution in [0.1, 0.15) is 26.2 Å². The van der Waals surface area contributed by atoms with Crippen molar-refractivity contribution in [3.8, 4) is 5.75 Å². The lowest BCUT2D eigenvalue weighted by molar-refractivity contribution is 0.306. The Kier molecular flexibility index (Phi) is 5.68. The van der Waals surface area contributed by atoms with E-state index in [1.165, 1.54) is 12.8 Å². The molecule has 0 saturated carbocycles. The van der Waals surface area contributed by atoms with Crippen molar-refractivity contribution in [2.24, 2.45) is 0 Å². The van der Waals surface area contributed by atoms with Gasteiger partial charge in [0.15, 0.2) is 5.75 Å². The lowest BCUT2D eigenvalue weighted by atomic mass is 10.3. The zero-order valence-electron chi connectivity index (χ0n) is 8.58. The molecule has 0 spiro atoms. The van der Waals surface area contributed by atoms with Crippen molar-refractivity contribution in [3.63, 3.8) is 0 Å². The van der Waals surface area contributed by atoms with Crippen molar-refractivity contribution in [1.82, 2.24) is 9.78 Å². The number of hydrogen-bond donors (Lipinski definition) is 0. The molecule has 0 aliphatic rings. The molecule has 3 nitrogen and oxygen atoms in total. The highest BCUT2D eigenvalue weighted by molar-refractivity contribution is 9.09. The van der Waals surface area contributed by atoms with Crippen LogP contribution in [-0.2, 0) is 6.54 Å². The van der Waals surface area contributed by atoms with Crippen LogP contribution in [0, 0.1) is 0 Å². The smallest absolute Gasteiger partial charge is 0.157 e. The largest absolute Gasteiger partial charge is 0.490 e. The average Bonchev–Trinajstić information content (AvgIpc) is 2.65. The predicted molar refractivity (Wildman–Crippen MR) is 61.0 cm³/mol. The van der Waals surface area contributed by atoms with E-state index in [1.54, 1.807) is 6.20 Å². The van der Waals surface area contributed by atoms with Crippen LogP contribution in [0.2, 0.25) is 0 Å². The van der Waals surface area contributed by atoms with Gasteiger partial charge in [0.05, 0.1) is 19.0 Å². The Bertz CT molecular complexity index is 250. The molecule has 1 rings (SSSR count). The van der Waals surface area contributed by atoms with Crippen LogP contribution in [0.4, 0.5) is 0 Å². The maximum atomic E-state index is 5.54. The van der Waals surface area contributed by atoms with Gasteiger partial charge in [-0.3, -0.25) is 4.68 Å². The Morgan fingerprint density at radius 2 is 2.29 bits per heavy atom. The molecule has 0 fully saturated rings. The topological polar surface area (TPSA) is 27.1 Å². The second kappa shape index (κ2) is 6.87. The molecule has 80 valence electrons. The first kappa shape index (κ1) is 11.6. The van der Waals surface area contributed by atoms with Gasteiger partial charge >= 0.3 is 0 Å². The van der Waals surface area contributed by atoms with Crippen LogP contribution in [-0.4, -0.2) is 21.7 Å². The van der Waals surface area contributed by atoms with Crippen molar-refractivity contribution in [2.75, 3.05) is 11.9 Å². The lowest BCUT2D eigenvalue weighted by Crippen LogP contribution is -1.96. The van der Waals surface area contributed by atoms with Gasteiger partial charge in [-0.25, -0.2) is 0 Å². The van der Waals surface area contributed by atoms with E-state index in [1.807, 2.05) is 10.9 Å². The highest BCUT2D eigenvalue weighted by atomic mass is 79.9. The normalized spacial score (nSPS) is 10.4. The monoisotopic (exact) mass is 260 g/mol. The van der Waals surface area contributed by atoms with Gasteiger partial charge < -0.3 is 4.74 Å². The fourth-order valence-corrected chi connectivity index (χ4v) is 1.55. The van der Waals surface area contributed by atoms with Gasteiger partial charge in [-0.2, -0.15) is 5.10 Å². The minimum atomic E-state index is 0.794. The van der Waals surface area contributed by atoms with E-state index in [2.05, 4.69) is 28.0 Å². The summed E-state index contributed by atoms with van der Waals surface area (Å²) in [7, 11) is 0. The Labute approximate surface area is 93.6 Å². The number of alkyl halides is 1. The third-order valence-corrected chi connectivity index (χ3v) is 2.54. The lowest BCUT2D eigenvalue weighted by Gasteiger charge is -2.01. The summed E-state index contributed by atoms with van der Waals surface area (Å²) in [5.74, 6) is 0.880. The minimum absolute atomic E-state index is 0.794. The van der Waals surface area contributed by atoms with Gasteiger partial charge in [0, 0.05) is 11.9 Å². The van der Waals surface area contributed by atoms with Gasteiger partial charge in [0.1, 0.15) is 0 Å². The van der Waals surface area contributed by atoms with Gasteiger partial charge in [0.25, 0.3) is 0 Å². The summed E-state index contributed by atoms with van der Waals surface area (Å²) >= 11 is 3.40. The Morgan fingerprint density at radius 1 is 1.43 bits per heavy atom. The average molecular weight is 261 g/mol. The third kappa shape index (κ3) is 4.13. The Morgan fingerprint density at radius 3 is 2.93 bits per heavy atom. The van der Waals surface area contributed by atoms with Crippen molar-refractivity contribution in [2.45, 2.75) is 32.7 Å². The van der Waals surface area contributed by atoms with E-state index in [4.69, 9.17) is 4.74 Å². The van der Waals surface area contributed by atoms with E-state index in [0.717, 1.165) is 30.7 Å². The molecule has 0 radical (unpaired) electrons. The van der Waals surface area contributed by atoms with Crippen molar-refractivity contribution >= 4 is 15.9 Å². The summed E-state index contributed by atoms with van der Waals surface area (Å²) in [6, 6.07) is 0. The number of aromatic nitrogens is 2. The molecule has 0 saturated heterocycles. The molecule has 0 aromatic carbocycles. The van der Waals surface area contributed by atoms with E-state index < -0.39 is 0 Å². The first-order chi connectivity index (χ1) is 6.86. The summed E-state index contributed by atoms with van der Waals surface area (Å²) in [5.41, 5.74) is 0. The maximum Gasteiger partial charge on any atom is 0.157 e. The highest BCUT2D eigenvalue weighted by Gasteiger charge is 1.97. The molecule has 0 N–H and O–H groups in total. The predicted octanol–water partition coefficient (Wildman–Crippen LogP) is 2.85. The molecule has 0 atom stereocenters. The van der Waals surface area contributed by atoms with E-state index in [9.17, 15) is 0 Å². The molecular formula is C10H17BrN2O. The van der Waals surface area contributed by atoms with Crippen molar-refractivity contribution in [1.29, 1.82) is 0 Å². The molecule has 1 heterocycles. The van der Waals surface area contributed by atoms with Gasteiger partial charge in [-0.15, -0.1) is 0 Å². The SMILES string of the molecule is CCn1cc(OCCCCCBr)cn1. The molecule has 0 unspecified atom stereocenters. The van der Waals surface area contributed by atoms with Crippen LogP contribution in [0.3, 0.4) is 0 Å². The zero-order valence-corrected chi connectivity index (χ0v) is 10.2. The van der Waals surface area contributed by atoms with Crippen LogP contribution in [0.25, 0.3) is 0 Å². The fraction of sp³-hybridized carbons (Fsp3) is 0.700. The summed E-state index contributed by atoms with van der Waals surface area (Å²) in [4.78, 5) is 0. The van der Waals surface area contributed by atoms with Gasteiger partial charge in [-0.05, 0) is 26.2 Å². The number of unbranched alkanes of at least 4 members (excludes halogenated alkanes) is 2. The molecule has 1 aromatic rings. The van der Waals surface area contributed by atoms with Crippen LogP contribution in [0.15, 0.2) is 12.4 Å². The number of hydrogen-bond acceptors (Lipinski definition) is 2. The van der Waals surface area contributed by atoms with Gasteiger partial charge in [-0.1, -0.05) is 15.9 Å². The molecule has 0 aliphatic carbocycles. The summed E-state index contributed by atoms with van der Waals surface area (Å²) in [5, 5.41) is 5.22. The van der Waals surface area contributed by atoms with Crippen LogP contribution >= 0.6 is 15.9 Å². The van der Waals surface area contributed by atoms with E-state index in [0.29, 0.717) is 0 Å². The molecule has 14 heavy (non-hydrogen) atoms. The third-order valence-electron chi connectivity index (χ3n) is 1.98. The summed E-state index contributed by atoms with van der Waals surface area (Å²) in [6.07, 6.45) is 7.26. The van der Waals surface area contributed by atoms with Gasteiger partial charge in [0.2, 0.25) is 0 Å². The number of rotatable bonds is 7. The second-order valence-corrected chi connectivity index (χ2v) is 3.92. The number of halogens is 1. The van der Waals surface area contributed by atoms with E-state index in [-0.39, 0.29) is 0 Å². The Hall–Kier alpha value is -0.510. The summed E-state index contributed by atoms with van der Waals surface area (Å²) in [6.45, 7) is 3.75. The van der Waals surface area contributed by atoms with Crippen molar-refractivity contribution in [3.05, 3.63) is 12.4 Å². The Balaban J connectivity index is 2.12. The number of nitrogens with zero attached hydrogens (tertiary/aromatic N) is 2. The molecule has 1 aromatic heterocycles. The minimum Gasteiger partial charge on any atom is -0.490 e. The number of ether oxygens (including phenoxy) is 1. The number of aryl methyl sites for hydroxylation is 1. The molecule has 0 amide bonds. The standard InChI is InChI=1S/C10H17BrN2O/c1-2-13-9-10(8-12-13)14-7-5-3-4-6-11/h8-9H,2-7H2,1H3. The second-order valence-electron chi connectivity index (χ2n) is 3.13. The molecule has 0 bridgehead atoms. The molecular weight excluding hydrogens is 244 g/mol. The zero-order chi connectivity index (χ0) is 10.2. The first-order valence-electron chi connectivity index (χ1n) is 5.08. The fourth-order valence-electron chi connectivity index (χ4n) is 1.16. The first-order valence-corrected chi connectivity index (χ1v) is 6.20. The summed E-state index contributed by atoms with van der Waals surface area (Å²) < 4.78 is 7.41.